The summed E-state index contributed by atoms with van der Waals surface area (Å²) in [5.74, 6) is 0. The minimum Gasteiger partial charge on any atom is -0.107 e. The van der Waals surface area contributed by atoms with E-state index in [9.17, 15) is 0 Å². The van der Waals surface area contributed by atoms with Crippen molar-refractivity contribution < 1.29 is 0 Å². The highest BCUT2D eigenvalue weighted by Gasteiger charge is 2.14. The highest BCUT2D eigenvalue weighted by Crippen LogP contribution is 2.46. The van der Waals surface area contributed by atoms with Gasteiger partial charge in [0.15, 0.2) is 0 Å². The van der Waals surface area contributed by atoms with Gasteiger partial charge in [0, 0.05) is 9.79 Å². The fourth-order valence-corrected chi connectivity index (χ4v) is 4.70. The molecule has 0 amide bonds. The van der Waals surface area contributed by atoms with Gasteiger partial charge in [-0.3, -0.25) is 0 Å². The van der Waals surface area contributed by atoms with E-state index in [-0.39, 0.29) is 0 Å². The largest absolute Gasteiger partial charge is 0.107 e. The van der Waals surface area contributed by atoms with Crippen molar-refractivity contribution in [1.82, 2.24) is 0 Å². The molecule has 0 spiro atoms. The maximum Gasteiger partial charge on any atom is 0.0845 e. The summed E-state index contributed by atoms with van der Waals surface area (Å²) in [7, 11) is 0. The Morgan fingerprint density at radius 1 is 0.591 bits per heavy atom. The molecule has 0 bridgehead atoms. The molecule has 0 aliphatic heterocycles. The van der Waals surface area contributed by atoms with E-state index >= 15 is 0 Å². The average molecular weight is 322 g/mol. The maximum atomic E-state index is 2.24. The van der Waals surface area contributed by atoms with Gasteiger partial charge in [0.05, 0.1) is 4.58 Å². The highest BCUT2D eigenvalue weighted by atomic mass is 32.2. The molecule has 3 aromatic rings. The van der Waals surface area contributed by atoms with E-state index in [2.05, 4.69) is 91.9 Å². The fourth-order valence-electron chi connectivity index (χ4n) is 2.13. The molecule has 0 saturated heterocycles. The Morgan fingerprint density at radius 2 is 1.05 bits per heavy atom. The third-order valence-electron chi connectivity index (χ3n) is 3.32. The standard InChI is InChI=1S/C20H18S2/c1-16-12-14-17(15-13-16)20(21-18-8-4-2-5-9-18)22-19-10-6-3-7-11-19/h2-15,20H,1H3. The number of aryl methyl sites for hydroxylation is 1. The summed E-state index contributed by atoms with van der Waals surface area (Å²) in [4.78, 5) is 2.60. The Bertz CT molecular complexity index is 649. The number of thioether (sulfide) groups is 2. The molecule has 2 heteroatoms. The average Bonchev–Trinajstić information content (AvgIpc) is 2.57. The Kier molecular flexibility index (Phi) is 5.25. The predicted molar refractivity (Wildman–Crippen MR) is 98.5 cm³/mol. The summed E-state index contributed by atoms with van der Waals surface area (Å²) >= 11 is 3.81. The molecule has 0 heterocycles. The van der Waals surface area contributed by atoms with E-state index in [0.717, 1.165) is 0 Å². The second-order valence-electron chi connectivity index (χ2n) is 5.10. The van der Waals surface area contributed by atoms with Gasteiger partial charge in [0.25, 0.3) is 0 Å². The van der Waals surface area contributed by atoms with Crippen LogP contribution in [-0.4, -0.2) is 0 Å². The van der Waals surface area contributed by atoms with Gasteiger partial charge in [0.1, 0.15) is 0 Å². The Hall–Kier alpha value is -1.64. The first-order valence-corrected chi connectivity index (χ1v) is 9.07. The lowest BCUT2D eigenvalue weighted by Crippen LogP contribution is -1.90. The molecular weight excluding hydrogens is 304 g/mol. The van der Waals surface area contributed by atoms with Gasteiger partial charge < -0.3 is 0 Å². The third kappa shape index (κ3) is 4.19. The van der Waals surface area contributed by atoms with Gasteiger partial charge in [-0.15, -0.1) is 23.5 Å². The van der Waals surface area contributed by atoms with Crippen LogP contribution in [0.2, 0.25) is 0 Å². The topological polar surface area (TPSA) is 0 Å². The van der Waals surface area contributed by atoms with Crippen LogP contribution in [0.4, 0.5) is 0 Å². The minimum atomic E-state index is 0.352. The molecule has 0 atom stereocenters. The van der Waals surface area contributed by atoms with Crippen LogP contribution >= 0.6 is 23.5 Å². The van der Waals surface area contributed by atoms with Crippen molar-refractivity contribution in [3.63, 3.8) is 0 Å². The Balaban J connectivity index is 1.86. The molecule has 0 saturated carbocycles. The lowest BCUT2D eigenvalue weighted by Gasteiger charge is -2.17. The molecule has 0 aromatic heterocycles. The van der Waals surface area contributed by atoms with Crippen LogP contribution in [0.15, 0.2) is 94.7 Å². The van der Waals surface area contributed by atoms with Gasteiger partial charge in [-0.25, -0.2) is 0 Å². The van der Waals surface area contributed by atoms with E-state index in [1.807, 2.05) is 23.5 Å². The SMILES string of the molecule is Cc1ccc(C(Sc2ccccc2)Sc2ccccc2)cc1. The van der Waals surface area contributed by atoms with Crippen LogP contribution < -0.4 is 0 Å². The molecule has 110 valence electrons. The van der Waals surface area contributed by atoms with Crippen LogP contribution in [0.3, 0.4) is 0 Å². The van der Waals surface area contributed by atoms with Crippen LogP contribution in [0.25, 0.3) is 0 Å². The zero-order valence-electron chi connectivity index (χ0n) is 12.5. The van der Waals surface area contributed by atoms with Crippen LogP contribution in [0, 0.1) is 6.92 Å². The first kappa shape index (κ1) is 15.3. The number of hydrogen-bond donors (Lipinski definition) is 0. The second-order valence-corrected chi connectivity index (χ2v) is 7.76. The van der Waals surface area contributed by atoms with Gasteiger partial charge >= 0.3 is 0 Å². The van der Waals surface area contributed by atoms with Crippen LogP contribution in [0.1, 0.15) is 15.7 Å². The predicted octanol–water partition coefficient (Wildman–Crippen LogP) is 6.58. The van der Waals surface area contributed by atoms with Crippen LogP contribution in [0.5, 0.6) is 0 Å². The summed E-state index contributed by atoms with van der Waals surface area (Å²) < 4.78 is 0.352. The zero-order chi connectivity index (χ0) is 15.2. The molecule has 0 nitrogen and oxygen atoms in total. The number of hydrogen-bond acceptors (Lipinski definition) is 2. The lowest BCUT2D eigenvalue weighted by molar-refractivity contribution is 1.31. The normalized spacial score (nSPS) is 10.8. The quantitative estimate of drug-likeness (QED) is 0.384. The maximum absolute atomic E-state index is 2.24. The Morgan fingerprint density at radius 3 is 1.50 bits per heavy atom. The smallest absolute Gasteiger partial charge is 0.0845 e. The molecule has 0 fully saturated rings. The molecule has 0 aliphatic carbocycles. The van der Waals surface area contributed by atoms with E-state index in [4.69, 9.17) is 0 Å². The molecule has 3 aromatic carbocycles. The van der Waals surface area contributed by atoms with E-state index in [1.54, 1.807) is 0 Å². The molecule has 22 heavy (non-hydrogen) atoms. The van der Waals surface area contributed by atoms with E-state index in [0.29, 0.717) is 4.58 Å². The Labute approximate surface area is 141 Å². The highest BCUT2D eigenvalue weighted by molar-refractivity contribution is 8.16. The minimum absolute atomic E-state index is 0.352. The summed E-state index contributed by atoms with van der Waals surface area (Å²) in [6.07, 6.45) is 0. The number of rotatable bonds is 5. The molecular formula is C20H18S2. The fraction of sp³-hybridized carbons (Fsp3) is 0.100. The van der Waals surface area contributed by atoms with Crippen molar-refractivity contribution in [2.24, 2.45) is 0 Å². The van der Waals surface area contributed by atoms with Gasteiger partial charge in [-0.1, -0.05) is 66.2 Å². The van der Waals surface area contributed by atoms with E-state index in [1.165, 1.54) is 20.9 Å². The first-order valence-electron chi connectivity index (χ1n) is 7.31. The third-order valence-corrected chi connectivity index (χ3v) is 5.96. The van der Waals surface area contributed by atoms with Crippen molar-refractivity contribution >= 4 is 23.5 Å². The summed E-state index contributed by atoms with van der Waals surface area (Å²) in [6.45, 7) is 2.13. The van der Waals surface area contributed by atoms with Gasteiger partial charge in [-0.05, 0) is 36.8 Å². The monoisotopic (exact) mass is 322 g/mol. The first-order chi connectivity index (χ1) is 10.8. The molecule has 0 N–H and O–H groups in total. The molecule has 0 aliphatic rings. The summed E-state index contributed by atoms with van der Waals surface area (Å²) in [5.41, 5.74) is 2.66. The van der Waals surface area contributed by atoms with Crippen molar-refractivity contribution in [2.45, 2.75) is 21.3 Å². The molecule has 0 unspecified atom stereocenters. The zero-order valence-corrected chi connectivity index (χ0v) is 14.1. The van der Waals surface area contributed by atoms with Crippen molar-refractivity contribution in [3.8, 4) is 0 Å². The summed E-state index contributed by atoms with van der Waals surface area (Å²) in [5, 5.41) is 0. The van der Waals surface area contributed by atoms with Gasteiger partial charge in [0.2, 0.25) is 0 Å². The van der Waals surface area contributed by atoms with Gasteiger partial charge in [-0.2, -0.15) is 0 Å². The van der Waals surface area contributed by atoms with Crippen molar-refractivity contribution in [2.75, 3.05) is 0 Å². The lowest BCUT2D eigenvalue weighted by atomic mass is 10.2. The molecule has 0 radical (unpaired) electrons. The van der Waals surface area contributed by atoms with Crippen LogP contribution in [-0.2, 0) is 0 Å². The van der Waals surface area contributed by atoms with Crippen molar-refractivity contribution in [3.05, 3.63) is 96.1 Å². The summed E-state index contributed by atoms with van der Waals surface area (Å²) in [6, 6.07) is 30.1. The second kappa shape index (κ2) is 7.57. The number of benzene rings is 3. The molecule has 3 rings (SSSR count). The van der Waals surface area contributed by atoms with E-state index < -0.39 is 0 Å². The van der Waals surface area contributed by atoms with Crippen molar-refractivity contribution in [1.29, 1.82) is 0 Å².